The van der Waals surface area contributed by atoms with E-state index in [-0.39, 0.29) is 11.6 Å². The summed E-state index contributed by atoms with van der Waals surface area (Å²) in [5.41, 5.74) is -0.0463. The summed E-state index contributed by atoms with van der Waals surface area (Å²) in [7, 11) is 0. The van der Waals surface area contributed by atoms with E-state index < -0.39 is 17.8 Å². The average Bonchev–Trinajstić information content (AvgIpc) is 3.06. The number of fused-ring (bicyclic) bond motifs is 1. The van der Waals surface area contributed by atoms with Gasteiger partial charge in [0.1, 0.15) is 17.8 Å². The van der Waals surface area contributed by atoms with Crippen LogP contribution in [0.3, 0.4) is 0 Å². The zero-order chi connectivity index (χ0) is 18.3. The highest BCUT2D eigenvalue weighted by atomic mass is 32.1. The SMILES string of the molecule is O=C(NC1CN(c2ncnc3ccsc23)C1)c1ccc(C(F)(F)F)nc1. The highest BCUT2D eigenvalue weighted by Crippen LogP contribution is 2.30. The van der Waals surface area contributed by atoms with Crippen molar-refractivity contribution in [2.75, 3.05) is 18.0 Å². The van der Waals surface area contributed by atoms with Crippen LogP contribution >= 0.6 is 11.3 Å². The maximum absolute atomic E-state index is 12.5. The molecule has 6 nitrogen and oxygen atoms in total. The fraction of sp³-hybridized carbons (Fsp3) is 0.250. The highest BCUT2D eigenvalue weighted by Gasteiger charge is 2.33. The first kappa shape index (κ1) is 16.7. The van der Waals surface area contributed by atoms with Crippen LogP contribution in [0, 0.1) is 0 Å². The molecule has 1 amide bonds. The summed E-state index contributed by atoms with van der Waals surface area (Å²) in [6, 6.07) is 3.74. The number of carbonyl (C=O) groups excluding carboxylic acids is 1. The molecule has 1 aliphatic rings. The molecule has 3 aromatic heterocycles. The summed E-state index contributed by atoms with van der Waals surface area (Å²) >= 11 is 1.55. The molecule has 134 valence electrons. The zero-order valence-corrected chi connectivity index (χ0v) is 14.0. The van der Waals surface area contributed by atoms with Gasteiger partial charge in [0.15, 0.2) is 0 Å². The Morgan fingerprint density at radius 1 is 1.19 bits per heavy atom. The van der Waals surface area contributed by atoms with Crippen molar-refractivity contribution in [2.24, 2.45) is 0 Å². The molecule has 0 spiro atoms. The second kappa shape index (κ2) is 6.20. The summed E-state index contributed by atoms with van der Waals surface area (Å²) in [6.07, 6.45) is -2.08. The Bertz CT molecular complexity index is 950. The Morgan fingerprint density at radius 2 is 2.00 bits per heavy atom. The molecule has 1 fully saturated rings. The van der Waals surface area contributed by atoms with E-state index in [1.54, 1.807) is 11.3 Å². The molecule has 0 unspecified atom stereocenters. The van der Waals surface area contributed by atoms with Crippen LogP contribution in [0.5, 0.6) is 0 Å². The first-order chi connectivity index (χ1) is 12.4. The van der Waals surface area contributed by atoms with E-state index in [1.165, 1.54) is 6.33 Å². The Balaban J connectivity index is 1.38. The van der Waals surface area contributed by atoms with Crippen LogP contribution in [0.15, 0.2) is 36.1 Å². The first-order valence-electron chi connectivity index (χ1n) is 7.69. The number of pyridine rings is 1. The monoisotopic (exact) mass is 379 g/mol. The molecule has 3 aromatic rings. The fourth-order valence-electron chi connectivity index (χ4n) is 2.71. The third-order valence-corrected chi connectivity index (χ3v) is 4.96. The lowest BCUT2D eigenvalue weighted by Crippen LogP contribution is -2.59. The minimum absolute atomic E-state index is 0.0964. The average molecular weight is 379 g/mol. The second-order valence-corrected chi connectivity index (χ2v) is 6.75. The van der Waals surface area contributed by atoms with Gasteiger partial charge in [-0.15, -0.1) is 11.3 Å². The van der Waals surface area contributed by atoms with Crippen LogP contribution in [-0.4, -0.2) is 40.0 Å². The summed E-state index contributed by atoms with van der Waals surface area (Å²) in [6.45, 7) is 1.15. The minimum atomic E-state index is -4.52. The van der Waals surface area contributed by atoms with E-state index in [4.69, 9.17) is 0 Å². The normalized spacial score (nSPS) is 15.1. The number of nitrogens with zero attached hydrogens (tertiary/aromatic N) is 4. The Morgan fingerprint density at radius 3 is 2.69 bits per heavy atom. The van der Waals surface area contributed by atoms with Crippen molar-refractivity contribution < 1.29 is 18.0 Å². The molecule has 1 aliphatic heterocycles. The molecule has 0 radical (unpaired) electrons. The quantitative estimate of drug-likeness (QED) is 0.758. The fourth-order valence-corrected chi connectivity index (χ4v) is 3.57. The van der Waals surface area contributed by atoms with Crippen molar-refractivity contribution in [3.8, 4) is 0 Å². The van der Waals surface area contributed by atoms with Crippen LogP contribution in [-0.2, 0) is 6.18 Å². The molecule has 26 heavy (non-hydrogen) atoms. The van der Waals surface area contributed by atoms with Crippen molar-refractivity contribution in [3.63, 3.8) is 0 Å². The van der Waals surface area contributed by atoms with Gasteiger partial charge in [-0.05, 0) is 23.6 Å². The van der Waals surface area contributed by atoms with Gasteiger partial charge in [0, 0.05) is 19.3 Å². The number of alkyl halides is 3. The lowest BCUT2D eigenvalue weighted by Gasteiger charge is -2.40. The maximum Gasteiger partial charge on any atom is 0.433 e. The molecule has 0 aromatic carbocycles. The van der Waals surface area contributed by atoms with Gasteiger partial charge < -0.3 is 10.2 Å². The molecule has 0 saturated carbocycles. The van der Waals surface area contributed by atoms with Crippen LogP contribution in [0.1, 0.15) is 16.1 Å². The van der Waals surface area contributed by atoms with Gasteiger partial charge in [-0.3, -0.25) is 9.78 Å². The van der Waals surface area contributed by atoms with Crippen molar-refractivity contribution in [2.45, 2.75) is 12.2 Å². The third-order valence-electron chi connectivity index (χ3n) is 4.06. The summed E-state index contributed by atoms with van der Waals surface area (Å²) in [5.74, 6) is 0.381. The molecular weight excluding hydrogens is 367 g/mol. The molecule has 0 bridgehead atoms. The number of carbonyl (C=O) groups is 1. The second-order valence-electron chi connectivity index (χ2n) is 5.84. The molecule has 0 aliphatic carbocycles. The molecule has 1 N–H and O–H groups in total. The highest BCUT2D eigenvalue weighted by molar-refractivity contribution is 7.17. The lowest BCUT2D eigenvalue weighted by atomic mass is 10.1. The van der Waals surface area contributed by atoms with Gasteiger partial charge >= 0.3 is 6.18 Å². The van der Waals surface area contributed by atoms with Gasteiger partial charge in [0.2, 0.25) is 0 Å². The van der Waals surface area contributed by atoms with E-state index in [1.807, 2.05) is 16.3 Å². The van der Waals surface area contributed by atoms with E-state index >= 15 is 0 Å². The number of anilines is 1. The van der Waals surface area contributed by atoms with Gasteiger partial charge in [-0.25, -0.2) is 9.97 Å². The first-order valence-corrected chi connectivity index (χ1v) is 8.57. The van der Waals surface area contributed by atoms with Crippen molar-refractivity contribution >= 4 is 33.3 Å². The predicted molar refractivity (Wildman–Crippen MR) is 90.1 cm³/mol. The predicted octanol–water partition coefficient (Wildman–Crippen LogP) is 2.72. The van der Waals surface area contributed by atoms with Crippen LogP contribution in [0.25, 0.3) is 10.2 Å². The summed E-state index contributed by atoms with van der Waals surface area (Å²) in [4.78, 5) is 26.0. The molecule has 0 atom stereocenters. The van der Waals surface area contributed by atoms with Gasteiger partial charge in [-0.1, -0.05) is 0 Å². The van der Waals surface area contributed by atoms with E-state index in [2.05, 4.69) is 20.3 Å². The number of rotatable bonds is 3. The van der Waals surface area contributed by atoms with Gasteiger partial charge in [0.05, 0.1) is 21.8 Å². The number of amides is 1. The van der Waals surface area contributed by atoms with Gasteiger partial charge in [0.25, 0.3) is 5.91 Å². The Hall–Kier alpha value is -2.75. The topological polar surface area (TPSA) is 71.0 Å². The summed E-state index contributed by atoms with van der Waals surface area (Å²) < 4.78 is 38.5. The number of hydrogen-bond donors (Lipinski definition) is 1. The number of hydrogen-bond acceptors (Lipinski definition) is 6. The number of nitrogens with one attached hydrogen (secondary N) is 1. The molecule has 4 rings (SSSR count). The van der Waals surface area contributed by atoms with Crippen molar-refractivity contribution in [1.82, 2.24) is 20.3 Å². The smallest absolute Gasteiger partial charge is 0.351 e. The molecule has 4 heterocycles. The van der Waals surface area contributed by atoms with E-state index in [9.17, 15) is 18.0 Å². The number of halogens is 3. The third kappa shape index (κ3) is 3.07. The largest absolute Gasteiger partial charge is 0.433 e. The van der Waals surface area contributed by atoms with Gasteiger partial charge in [-0.2, -0.15) is 13.2 Å². The molecular formula is C16H12F3N5OS. The van der Waals surface area contributed by atoms with Crippen molar-refractivity contribution in [3.05, 3.63) is 47.4 Å². The zero-order valence-electron chi connectivity index (χ0n) is 13.2. The van der Waals surface area contributed by atoms with Crippen LogP contribution in [0.2, 0.25) is 0 Å². The minimum Gasteiger partial charge on any atom is -0.351 e. The van der Waals surface area contributed by atoms with E-state index in [0.29, 0.717) is 13.1 Å². The van der Waals surface area contributed by atoms with Crippen molar-refractivity contribution in [1.29, 1.82) is 0 Å². The maximum atomic E-state index is 12.5. The molecule has 1 saturated heterocycles. The Kier molecular flexibility index (Phi) is 3.98. The van der Waals surface area contributed by atoms with E-state index in [0.717, 1.165) is 34.4 Å². The van der Waals surface area contributed by atoms with Crippen LogP contribution in [0.4, 0.5) is 19.0 Å². The standard InChI is InChI=1S/C16H12F3N5OS/c17-16(18,19)12-2-1-9(5-20-12)15(25)23-10-6-24(7-10)14-13-11(3-4-26-13)21-8-22-14/h1-5,8,10H,6-7H2,(H,23,25). The van der Waals surface area contributed by atoms with Crippen LogP contribution < -0.4 is 10.2 Å². The Labute approximate surface area is 149 Å². The number of thiophene rings is 1. The summed E-state index contributed by atoms with van der Waals surface area (Å²) in [5, 5.41) is 4.73. The lowest BCUT2D eigenvalue weighted by molar-refractivity contribution is -0.141. The molecule has 10 heteroatoms. The number of aromatic nitrogens is 3.